The van der Waals surface area contributed by atoms with Crippen LogP contribution in [0.2, 0.25) is 0 Å². The van der Waals surface area contributed by atoms with E-state index in [4.69, 9.17) is 5.11 Å². The standard InChI is InChI=1S/C12H19N3O4S/c1-3-10-5-4-7-13-11(10)9-14-20(18,19)15(2)8-6-12(16)17/h4-5,7,14H,3,6,8-9H2,1-2H3,(H,16,17). The van der Waals surface area contributed by atoms with Crippen molar-refractivity contribution in [2.45, 2.75) is 26.3 Å². The van der Waals surface area contributed by atoms with E-state index in [0.29, 0.717) is 5.69 Å². The third kappa shape index (κ3) is 4.87. The Kier molecular flexibility index (Phi) is 6.05. The monoisotopic (exact) mass is 301 g/mol. The van der Waals surface area contributed by atoms with E-state index in [0.717, 1.165) is 16.3 Å². The summed E-state index contributed by atoms with van der Waals surface area (Å²) in [5.74, 6) is -1.04. The normalized spacial score (nSPS) is 11.8. The van der Waals surface area contributed by atoms with Crippen LogP contribution >= 0.6 is 0 Å². The average Bonchev–Trinajstić information content (AvgIpc) is 2.42. The first-order valence-corrected chi connectivity index (χ1v) is 7.66. The Morgan fingerprint density at radius 1 is 1.50 bits per heavy atom. The Labute approximate surface area is 118 Å². The molecule has 1 aromatic rings. The second-order valence-corrected chi connectivity index (χ2v) is 6.12. The Balaban J connectivity index is 2.65. The van der Waals surface area contributed by atoms with Gasteiger partial charge in [0.25, 0.3) is 10.2 Å². The summed E-state index contributed by atoms with van der Waals surface area (Å²) < 4.78 is 27.2. The Morgan fingerprint density at radius 2 is 2.20 bits per heavy atom. The number of carboxylic acids is 1. The first kappa shape index (κ1) is 16.5. The molecule has 2 N–H and O–H groups in total. The van der Waals surface area contributed by atoms with Gasteiger partial charge in [-0.2, -0.15) is 17.4 Å². The lowest BCUT2D eigenvalue weighted by molar-refractivity contribution is -0.137. The molecule has 8 heteroatoms. The van der Waals surface area contributed by atoms with Crippen molar-refractivity contribution in [1.82, 2.24) is 14.0 Å². The Bertz CT molecular complexity index is 560. The SMILES string of the molecule is CCc1cccnc1CNS(=O)(=O)N(C)CCC(=O)O. The third-order valence-corrected chi connectivity index (χ3v) is 4.35. The number of hydrogen-bond donors (Lipinski definition) is 2. The van der Waals surface area contributed by atoms with Crippen LogP contribution in [0.4, 0.5) is 0 Å². The number of carboxylic acid groups (broad SMARTS) is 1. The summed E-state index contributed by atoms with van der Waals surface area (Å²) in [6.07, 6.45) is 2.14. The number of hydrogen-bond acceptors (Lipinski definition) is 4. The lowest BCUT2D eigenvalue weighted by Crippen LogP contribution is -2.39. The molecule has 20 heavy (non-hydrogen) atoms. The predicted molar refractivity (Wildman–Crippen MR) is 74.3 cm³/mol. The number of aryl methyl sites for hydroxylation is 1. The molecule has 1 heterocycles. The van der Waals surface area contributed by atoms with Gasteiger partial charge >= 0.3 is 5.97 Å². The molecule has 0 spiro atoms. The van der Waals surface area contributed by atoms with Gasteiger partial charge in [-0.3, -0.25) is 9.78 Å². The van der Waals surface area contributed by atoms with E-state index in [2.05, 4.69) is 9.71 Å². The highest BCUT2D eigenvalue weighted by atomic mass is 32.2. The highest BCUT2D eigenvalue weighted by Crippen LogP contribution is 2.07. The molecule has 0 radical (unpaired) electrons. The molecule has 0 aliphatic rings. The summed E-state index contributed by atoms with van der Waals surface area (Å²) in [6, 6.07) is 3.70. The van der Waals surface area contributed by atoms with E-state index >= 15 is 0 Å². The van der Waals surface area contributed by atoms with Gasteiger partial charge in [-0.15, -0.1) is 0 Å². The van der Waals surface area contributed by atoms with Gasteiger partial charge in [0.1, 0.15) is 0 Å². The lowest BCUT2D eigenvalue weighted by Gasteiger charge is -2.17. The van der Waals surface area contributed by atoms with Gasteiger partial charge in [0.05, 0.1) is 18.7 Å². The van der Waals surface area contributed by atoms with Crippen LogP contribution in [-0.2, 0) is 28.0 Å². The number of nitrogens with zero attached hydrogens (tertiary/aromatic N) is 2. The molecule has 0 amide bonds. The fourth-order valence-electron chi connectivity index (χ4n) is 1.60. The lowest BCUT2D eigenvalue weighted by atomic mass is 10.1. The number of nitrogens with one attached hydrogen (secondary N) is 1. The minimum Gasteiger partial charge on any atom is -0.481 e. The van der Waals surface area contributed by atoms with Crippen molar-refractivity contribution >= 4 is 16.2 Å². The van der Waals surface area contributed by atoms with Crippen molar-refractivity contribution in [3.63, 3.8) is 0 Å². The largest absolute Gasteiger partial charge is 0.481 e. The first-order valence-electron chi connectivity index (χ1n) is 6.22. The van der Waals surface area contributed by atoms with Gasteiger partial charge in [-0.25, -0.2) is 0 Å². The van der Waals surface area contributed by atoms with Crippen LogP contribution in [0.5, 0.6) is 0 Å². The number of carbonyl (C=O) groups is 1. The molecule has 0 aliphatic carbocycles. The van der Waals surface area contributed by atoms with E-state index in [1.54, 1.807) is 12.3 Å². The zero-order valence-electron chi connectivity index (χ0n) is 11.5. The molecular weight excluding hydrogens is 282 g/mol. The van der Waals surface area contributed by atoms with Gasteiger partial charge < -0.3 is 5.11 Å². The fraction of sp³-hybridized carbons (Fsp3) is 0.500. The summed E-state index contributed by atoms with van der Waals surface area (Å²) >= 11 is 0. The quantitative estimate of drug-likeness (QED) is 0.723. The second kappa shape index (κ2) is 7.32. The molecule has 0 aromatic carbocycles. The van der Waals surface area contributed by atoms with Gasteiger partial charge in [0.15, 0.2) is 0 Å². The summed E-state index contributed by atoms with van der Waals surface area (Å²) in [5.41, 5.74) is 1.65. The summed E-state index contributed by atoms with van der Waals surface area (Å²) in [6.45, 7) is 1.98. The van der Waals surface area contributed by atoms with Crippen molar-refractivity contribution in [2.24, 2.45) is 0 Å². The van der Waals surface area contributed by atoms with Gasteiger partial charge in [-0.05, 0) is 18.1 Å². The maximum absolute atomic E-state index is 11.9. The van der Waals surface area contributed by atoms with Crippen LogP contribution < -0.4 is 4.72 Å². The minimum absolute atomic E-state index is 0.0759. The van der Waals surface area contributed by atoms with Crippen LogP contribution in [0, 0.1) is 0 Å². The van der Waals surface area contributed by atoms with Crippen LogP contribution in [0.1, 0.15) is 24.6 Å². The molecular formula is C12H19N3O4S. The Morgan fingerprint density at radius 3 is 2.80 bits per heavy atom. The molecule has 0 saturated carbocycles. The highest BCUT2D eigenvalue weighted by molar-refractivity contribution is 7.87. The zero-order valence-corrected chi connectivity index (χ0v) is 12.4. The van der Waals surface area contributed by atoms with Crippen LogP contribution in [-0.4, -0.2) is 42.4 Å². The highest BCUT2D eigenvalue weighted by Gasteiger charge is 2.18. The zero-order chi connectivity index (χ0) is 15.2. The van der Waals surface area contributed by atoms with E-state index in [1.807, 2.05) is 13.0 Å². The summed E-state index contributed by atoms with van der Waals surface area (Å²) in [7, 11) is -2.36. The molecule has 0 saturated heterocycles. The molecule has 7 nitrogen and oxygen atoms in total. The fourth-order valence-corrected chi connectivity index (χ4v) is 2.47. The van der Waals surface area contributed by atoms with Crippen molar-refractivity contribution in [3.05, 3.63) is 29.6 Å². The molecule has 1 rings (SSSR count). The number of pyridine rings is 1. The smallest absolute Gasteiger partial charge is 0.304 e. The van der Waals surface area contributed by atoms with E-state index in [9.17, 15) is 13.2 Å². The third-order valence-electron chi connectivity index (χ3n) is 2.84. The first-order chi connectivity index (χ1) is 9.36. The number of aliphatic carboxylic acids is 1. The van der Waals surface area contributed by atoms with Crippen LogP contribution in [0.3, 0.4) is 0 Å². The topological polar surface area (TPSA) is 99.6 Å². The maximum atomic E-state index is 11.9. The molecule has 0 atom stereocenters. The number of rotatable bonds is 8. The van der Waals surface area contributed by atoms with Crippen molar-refractivity contribution in [3.8, 4) is 0 Å². The average molecular weight is 301 g/mol. The van der Waals surface area contributed by atoms with Crippen molar-refractivity contribution in [1.29, 1.82) is 0 Å². The van der Waals surface area contributed by atoms with Crippen molar-refractivity contribution < 1.29 is 18.3 Å². The summed E-state index contributed by atoms with van der Waals surface area (Å²) in [5, 5.41) is 8.55. The molecule has 112 valence electrons. The van der Waals surface area contributed by atoms with Gasteiger partial charge in [0, 0.05) is 19.8 Å². The maximum Gasteiger partial charge on any atom is 0.304 e. The number of aromatic nitrogens is 1. The molecule has 0 aliphatic heterocycles. The van der Waals surface area contributed by atoms with E-state index in [1.165, 1.54) is 7.05 Å². The van der Waals surface area contributed by atoms with Gasteiger partial charge in [0.2, 0.25) is 0 Å². The molecule has 0 bridgehead atoms. The predicted octanol–water partition coefficient (Wildman–Crippen LogP) is 0.385. The minimum atomic E-state index is -3.70. The van der Waals surface area contributed by atoms with Crippen LogP contribution in [0.15, 0.2) is 18.3 Å². The second-order valence-electron chi connectivity index (χ2n) is 4.25. The van der Waals surface area contributed by atoms with Crippen LogP contribution in [0.25, 0.3) is 0 Å². The van der Waals surface area contributed by atoms with E-state index < -0.39 is 16.2 Å². The molecule has 0 unspecified atom stereocenters. The summed E-state index contributed by atoms with van der Waals surface area (Å²) in [4.78, 5) is 14.6. The molecule has 0 fully saturated rings. The Hall–Kier alpha value is -1.51. The molecule has 1 aromatic heterocycles. The van der Waals surface area contributed by atoms with Crippen molar-refractivity contribution in [2.75, 3.05) is 13.6 Å². The van der Waals surface area contributed by atoms with Gasteiger partial charge in [-0.1, -0.05) is 13.0 Å². The van der Waals surface area contributed by atoms with E-state index in [-0.39, 0.29) is 19.5 Å².